The molecule has 0 aliphatic heterocycles. The fourth-order valence-corrected chi connectivity index (χ4v) is 3.62. The normalized spacial score (nSPS) is 11.8. The quantitative estimate of drug-likeness (QED) is 0.865. The minimum atomic E-state index is -3.64. The van der Waals surface area contributed by atoms with E-state index in [9.17, 15) is 13.2 Å². The van der Waals surface area contributed by atoms with Crippen molar-refractivity contribution in [2.45, 2.75) is 11.8 Å². The van der Waals surface area contributed by atoms with E-state index in [-0.39, 0.29) is 16.0 Å². The molecule has 0 bridgehead atoms. The van der Waals surface area contributed by atoms with E-state index in [0.717, 1.165) is 0 Å². The number of carbonyl (C=O) groups is 1. The lowest BCUT2D eigenvalue weighted by Gasteiger charge is -2.18. The first kappa shape index (κ1) is 16.0. The van der Waals surface area contributed by atoms with Crippen LogP contribution >= 0.6 is 11.8 Å². The summed E-state index contributed by atoms with van der Waals surface area (Å²) in [6, 6.07) is 4.29. The van der Waals surface area contributed by atoms with Crippen LogP contribution in [0.1, 0.15) is 15.9 Å². The third-order valence-corrected chi connectivity index (χ3v) is 5.41. The number of hydrogen-bond donors (Lipinski definition) is 1. The summed E-state index contributed by atoms with van der Waals surface area (Å²) in [5, 5.41) is 9.02. The summed E-state index contributed by atoms with van der Waals surface area (Å²) in [5.41, 5.74) is 0.283. The Bertz CT molecular complexity index is 569. The number of aromatic carboxylic acids is 1. The van der Waals surface area contributed by atoms with Gasteiger partial charge in [0.2, 0.25) is 10.0 Å². The molecule has 0 radical (unpaired) electrons. The van der Waals surface area contributed by atoms with Gasteiger partial charge < -0.3 is 5.11 Å². The summed E-state index contributed by atoms with van der Waals surface area (Å²) in [6.07, 6.45) is 1.90. The molecule has 1 aromatic rings. The average molecular weight is 303 g/mol. The van der Waals surface area contributed by atoms with Crippen LogP contribution < -0.4 is 0 Å². The van der Waals surface area contributed by atoms with Crippen LogP contribution in [0.15, 0.2) is 23.1 Å². The van der Waals surface area contributed by atoms with Gasteiger partial charge in [0.15, 0.2) is 0 Å². The molecule has 0 atom stereocenters. The second kappa shape index (κ2) is 6.40. The van der Waals surface area contributed by atoms with E-state index in [2.05, 4.69) is 0 Å². The number of nitrogens with zero attached hydrogens (tertiary/aromatic N) is 1. The molecule has 0 spiro atoms. The van der Waals surface area contributed by atoms with E-state index in [0.29, 0.717) is 12.3 Å². The molecular formula is C12H17NO4S2. The zero-order chi connectivity index (χ0) is 14.6. The first-order chi connectivity index (χ1) is 8.82. The molecule has 19 heavy (non-hydrogen) atoms. The molecule has 0 amide bonds. The topological polar surface area (TPSA) is 74.7 Å². The molecule has 106 valence electrons. The highest BCUT2D eigenvalue weighted by Crippen LogP contribution is 2.22. The van der Waals surface area contributed by atoms with Crippen LogP contribution in [0.25, 0.3) is 0 Å². The Hall–Kier alpha value is -1.05. The van der Waals surface area contributed by atoms with Gasteiger partial charge in [0, 0.05) is 19.3 Å². The van der Waals surface area contributed by atoms with Crippen LogP contribution in [0, 0.1) is 6.92 Å². The summed E-state index contributed by atoms with van der Waals surface area (Å²) < 4.78 is 26.0. The predicted octanol–water partition coefficient (Wildman–Crippen LogP) is 1.68. The lowest BCUT2D eigenvalue weighted by molar-refractivity contribution is 0.0696. The summed E-state index contributed by atoms with van der Waals surface area (Å²) in [5.74, 6) is -0.436. The highest BCUT2D eigenvalue weighted by molar-refractivity contribution is 7.98. The second-order valence-electron chi connectivity index (χ2n) is 4.05. The van der Waals surface area contributed by atoms with Gasteiger partial charge in [-0.25, -0.2) is 17.5 Å². The Morgan fingerprint density at radius 2 is 2.05 bits per heavy atom. The molecule has 0 aliphatic rings. The number of rotatable bonds is 6. The van der Waals surface area contributed by atoms with Crippen molar-refractivity contribution in [3.63, 3.8) is 0 Å². The highest BCUT2D eigenvalue weighted by atomic mass is 32.2. The van der Waals surface area contributed by atoms with Crippen molar-refractivity contribution < 1.29 is 18.3 Å². The van der Waals surface area contributed by atoms with E-state index in [1.165, 1.54) is 36.5 Å². The van der Waals surface area contributed by atoms with Gasteiger partial charge in [0.1, 0.15) is 0 Å². The smallest absolute Gasteiger partial charge is 0.335 e. The average Bonchev–Trinajstić information content (AvgIpc) is 2.35. The Balaban J connectivity index is 3.22. The van der Waals surface area contributed by atoms with Crippen molar-refractivity contribution in [2.75, 3.05) is 25.6 Å². The third kappa shape index (κ3) is 3.49. The van der Waals surface area contributed by atoms with Crippen molar-refractivity contribution >= 4 is 27.8 Å². The number of carboxylic acids is 1. The fraction of sp³-hybridized carbons (Fsp3) is 0.417. The van der Waals surface area contributed by atoms with Crippen LogP contribution in [0.2, 0.25) is 0 Å². The van der Waals surface area contributed by atoms with Crippen molar-refractivity contribution in [1.82, 2.24) is 4.31 Å². The van der Waals surface area contributed by atoms with Crippen LogP contribution in [0.4, 0.5) is 0 Å². The summed E-state index contributed by atoms with van der Waals surface area (Å²) in [4.78, 5) is 11.1. The first-order valence-corrected chi connectivity index (χ1v) is 8.44. The minimum absolute atomic E-state index is 0.0133. The molecule has 0 fully saturated rings. The maximum absolute atomic E-state index is 12.4. The largest absolute Gasteiger partial charge is 0.478 e. The van der Waals surface area contributed by atoms with E-state index in [1.54, 1.807) is 11.8 Å². The minimum Gasteiger partial charge on any atom is -0.478 e. The molecule has 0 heterocycles. The van der Waals surface area contributed by atoms with Gasteiger partial charge in [-0.3, -0.25) is 0 Å². The molecule has 1 N–H and O–H groups in total. The molecule has 7 heteroatoms. The van der Waals surface area contributed by atoms with Gasteiger partial charge in [-0.05, 0) is 30.9 Å². The van der Waals surface area contributed by atoms with E-state index in [1.807, 2.05) is 6.26 Å². The maximum atomic E-state index is 12.4. The molecular weight excluding hydrogens is 286 g/mol. The maximum Gasteiger partial charge on any atom is 0.335 e. The Kier molecular flexibility index (Phi) is 5.39. The van der Waals surface area contributed by atoms with Crippen molar-refractivity contribution in [1.29, 1.82) is 0 Å². The van der Waals surface area contributed by atoms with Crippen LogP contribution in [-0.2, 0) is 10.0 Å². The number of thioether (sulfide) groups is 1. The van der Waals surface area contributed by atoms with Crippen LogP contribution in [0.5, 0.6) is 0 Å². The number of carboxylic acid groups (broad SMARTS) is 1. The zero-order valence-electron chi connectivity index (χ0n) is 11.1. The van der Waals surface area contributed by atoms with Crippen molar-refractivity contribution in [2.24, 2.45) is 0 Å². The lowest BCUT2D eigenvalue weighted by atomic mass is 10.1. The van der Waals surface area contributed by atoms with Gasteiger partial charge >= 0.3 is 5.97 Å². The summed E-state index contributed by atoms with van der Waals surface area (Å²) in [7, 11) is -2.14. The third-order valence-electron chi connectivity index (χ3n) is 2.81. The van der Waals surface area contributed by atoms with E-state index in [4.69, 9.17) is 5.11 Å². The van der Waals surface area contributed by atoms with Crippen LogP contribution in [-0.4, -0.2) is 49.4 Å². The van der Waals surface area contributed by atoms with Gasteiger partial charge in [-0.2, -0.15) is 11.8 Å². The van der Waals surface area contributed by atoms with Gasteiger partial charge in [-0.1, -0.05) is 6.07 Å². The lowest BCUT2D eigenvalue weighted by Crippen LogP contribution is -2.30. The molecule has 0 unspecified atom stereocenters. The van der Waals surface area contributed by atoms with E-state index < -0.39 is 16.0 Å². The molecule has 0 saturated carbocycles. The summed E-state index contributed by atoms with van der Waals surface area (Å²) >= 11 is 1.55. The van der Waals surface area contributed by atoms with Gasteiger partial charge in [-0.15, -0.1) is 0 Å². The van der Waals surface area contributed by atoms with Crippen molar-refractivity contribution in [3.05, 3.63) is 29.3 Å². The van der Waals surface area contributed by atoms with Gasteiger partial charge in [0.25, 0.3) is 0 Å². The van der Waals surface area contributed by atoms with E-state index >= 15 is 0 Å². The fourth-order valence-electron chi connectivity index (χ4n) is 1.63. The summed E-state index contributed by atoms with van der Waals surface area (Å²) in [6.45, 7) is 1.90. The number of hydrogen-bond acceptors (Lipinski definition) is 4. The van der Waals surface area contributed by atoms with Crippen LogP contribution in [0.3, 0.4) is 0 Å². The molecule has 1 aromatic carbocycles. The standard InChI is InChI=1S/C12H17NO4S2/c1-9-10(12(14)15)5-4-6-11(9)19(16,17)13(2)7-8-18-3/h4-6H,7-8H2,1-3H3,(H,14,15). The monoisotopic (exact) mass is 303 g/mol. The Morgan fingerprint density at radius 1 is 1.42 bits per heavy atom. The second-order valence-corrected chi connectivity index (χ2v) is 7.05. The van der Waals surface area contributed by atoms with Gasteiger partial charge in [0.05, 0.1) is 10.5 Å². The number of sulfonamides is 1. The molecule has 0 aliphatic carbocycles. The molecule has 0 saturated heterocycles. The Morgan fingerprint density at radius 3 is 2.58 bits per heavy atom. The van der Waals surface area contributed by atoms with Crippen molar-refractivity contribution in [3.8, 4) is 0 Å². The molecule has 0 aromatic heterocycles. The SMILES string of the molecule is CSCCN(C)S(=O)(=O)c1cccc(C(=O)O)c1C. The predicted molar refractivity (Wildman–Crippen MR) is 76.3 cm³/mol. The highest BCUT2D eigenvalue weighted by Gasteiger charge is 2.24. The zero-order valence-corrected chi connectivity index (χ0v) is 12.7. The Labute approximate surface area is 117 Å². The molecule has 1 rings (SSSR count). The first-order valence-electron chi connectivity index (χ1n) is 5.60. The molecule has 5 nitrogen and oxygen atoms in total. The number of benzene rings is 1.